The molecule has 6 nitrogen and oxygen atoms in total. The van der Waals surface area contributed by atoms with Crippen LogP contribution < -0.4 is 19.6 Å². The lowest BCUT2D eigenvalue weighted by molar-refractivity contribution is -0.140. The third kappa shape index (κ3) is 5.84. The normalized spacial score (nSPS) is 14.9. The topological polar surface area (TPSA) is 69.9 Å². The van der Waals surface area contributed by atoms with Gasteiger partial charge in [0.1, 0.15) is 25.0 Å². The average Bonchev–Trinajstić information content (AvgIpc) is 3.64. The van der Waals surface area contributed by atoms with Crippen molar-refractivity contribution in [1.82, 2.24) is 4.57 Å². The van der Waals surface area contributed by atoms with Crippen molar-refractivity contribution in [2.75, 3.05) is 0 Å². The summed E-state index contributed by atoms with van der Waals surface area (Å²) in [6.45, 7) is 2.42. The average molecular weight is 579 g/mol. The molecule has 0 bridgehead atoms. The molecule has 1 aliphatic rings. The van der Waals surface area contributed by atoms with E-state index in [4.69, 9.17) is 9.47 Å². The summed E-state index contributed by atoms with van der Waals surface area (Å²) < 4.78 is 13.7. The van der Waals surface area contributed by atoms with E-state index in [1.165, 1.54) is 22.7 Å². The first-order chi connectivity index (χ1) is 20.1. The number of carbonyl (C=O) groups is 1. The van der Waals surface area contributed by atoms with E-state index < -0.39 is 12.0 Å². The van der Waals surface area contributed by atoms with Crippen molar-refractivity contribution >= 4 is 34.7 Å². The second-order valence-electron chi connectivity index (χ2n) is 9.50. The smallest absolute Gasteiger partial charge is 0.338 e. The molecule has 0 radical (unpaired) electrons. The lowest BCUT2D eigenvalue weighted by atomic mass is 10.0. The molecule has 8 heteroatoms. The number of carbonyl (C=O) groups excluding carboxylic acids is 1. The molecule has 1 aliphatic heterocycles. The van der Waals surface area contributed by atoms with Crippen LogP contribution in [-0.4, -0.2) is 10.5 Å². The van der Waals surface area contributed by atoms with E-state index in [9.17, 15) is 9.59 Å². The van der Waals surface area contributed by atoms with Crippen LogP contribution in [0.2, 0.25) is 0 Å². The molecule has 0 fully saturated rings. The highest BCUT2D eigenvalue weighted by Crippen LogP contribution is 2.33. The fourth-order valence-electron chi connectivity index (χ4n) is 4.65. The molecule has 0 amide bonds. The monoisotopic (exact) mass is 578 g/mol. The van der Waals surface area contributed by atoms with Gasteiger partial charge in [-0.2, -0.15) is 0 Å². The Balaban J connectivity index is 1.29. The molecule has 0 aliphatic carbocycles. The van der Waals surface area contributed by atoms with Crippen LogP contribution in [0.3, 0.4) is 0 Å². The second-order valence-corrected chi connectivity index (χ2v) is 11.5. The van der Waals surface area contributed by atoms with Gasteiger partial charge in [-0.3, -0.25) is 9.36 Å². The number of ether oxygens (including phenoxy) is 2. The van der Waals surface area contributed by atoms with Crippen molar-refractivity contribution in [3.63, 3.8) is 0 Å². The highest BCUT2D eigenvalue weighted by Gasteiger charge is 2.34. The van der Waals surface area contributed by atoms with Gasteiger partial charge in [-0.15, -0.1) is 11.3 Å². The molecule has 41 heavy (non-hydrogen) atoms. The van der Waals surface area contributed by atoms with Crippen molar-refractivity contribution in [1.29, 1.82) is 0 Å². The molecule has 1 atom stereocenters. The Kier molecular flexibility index (Phi) is 7.75. The lowest BCUT2D eigenvalue weighted by Gasteiger charge is -2.23. The number of thiazole rings is 1. The maximum absolute atomic E-state index is 13.8. The van der Waals surface area contributed by atoms with Crippen molar-refractivity contribution in [3.8, 4) is 5.75 Å². The number of allylic oxidation sites excluding steroid dienone is 1. The van der Waals surface area contributed by atoms with Crippen molar-refractivity contribution < 1.29 is 14.3 Å². The minimum atomic E-state index is -0.606. The summed E-state index contributed by atoms with van der Waals surface area (Å²) >= 11 is 2.81. The van der Waals surface area contributed by atoms with Crippen LogP contribution in [0.1, 0.15) is 34.5 Å². The quantitative estimate of drug-likeness (QED) is 0.224. The fraction of sp³-hybridized carbons (Fsp3) is 0.121. The van der Waals surface area contributed by atoms with Crippen molar-refractivity contribution in [2.24, 2.45) is 4.99 Å². The Morgan fingerprint density at radius 2 is 1.59 bits per heavy atom. The number of hydrogen-bond donors (Lipinski definition) is 0. The minimum Gasteiger partial charge on any atom is -0.489 e. The molecule has 204 valence electrons. The number of aromatic nitrogens is 1. The Hall–Kier alpha value is -4.53. The first kappa shape index (κ1) is 26.7. The van der Waals surface area contributed by atoms with Crippen LogP contribution in [0.15, 0.2) is 123 Å². The summed E-state index contributed by atoms with van der Waals surface area (Å²) in [7, 11) is 0. The molecule has 3 aromatic carbocycles. The SMILES string of the molecule is CC1=C(C(=O)OCc2ccccc2)[C@@H](c2cccs2)n2c(s/c(=C/c3ccc(OCc4ccccc4)cc3)c2=O)=N1. The first-order valence-corrected chi connectivity index (χ1v) is 14.8. The van der Waals surface area contributed by atoms with E-state index in [1.807, 2.05) is 109 Å². The molecule has 0 N–H and O–H groups in total. The van der Waals surface area contributed by atoms with Crippen molar-refractivity contribution in [2.45, 2.75) is 26.2 Å². The second kappa shape index (κ2) is 11.9. The molecule has 0 spiro atoms. The van der Waals surface area contributed by atoms with E-state index in [1.54, 1.807) is 11.5 Å². The van der Waals surface area contributed by atoms with Gasteiger partial charge in [0.25, 0.3) is 5.56 Å². The standard InChI is InChI=1S/C33H26N2O4S2/c1-22-29(32(37)39-21-25-11-6-3-7-12-25)30(27-13-8-18-40-27)35-31(36)28(41-33(35)34-22)19-23-14-16-26(17-15-23)38-20-24-9-4-2-5-10-24/h2-19,30H,20-21H2,1H3/b28-19+/t30-/m1/s1. The van der Waals surface area contributed by atoms with Crippen LogP contribution in [0.25, 0.3) is 6.08 Å². The van der Waals surface area contributed by atoms with E-state index in [0.717, 1.165) is 27.3 Å². The van der Waals surface area contributed by atoms with Gasteiger partial charge in [0.2, 0.25) is 0 Å². The number of rotatable bonds is 8. The fourth-order valence-corrected chi connectivity index (χ4v) is 6.52. The number of fused-ring (bicyclic) bond motifs is 1. The molecule has 0 saturated carbocycles. The Morgan fingerprint density at radius 3 is 2.24 bits per heavy atom. The largest absolute Gasteiger partial charge is 0.489 e. The van der Waals surface area contributed by atoms with Crippen LogP contribution in [0, 0.1) is 0 Å². The maximum Gasteiger partial charge on any atom is 0.338 e. The van der Waals surface area contributed by atoms with Gasteiger partial charge in [0.05, 0.1) is 15.8 Å². The lowest BCUT2D eigenvalue weighted by Crippen LogP contribution is -2.39. The summed E-state index contributed by atoms with van der Waals surface area (Å²) in [5.74, 6) is 0.272. The number of esters is 1. The van der Waals surface area contributed by atoms with Gasteiger partial charge < -0.3 is 9.47 Å². The minimum absolute atomic E-state index is 0.142. The zero-order valence-electron chi connectivity index (χ0n) is 22.2. The van der Waals surface area contributed by atoms with Crippen LogP contribution in [0.4, 0.5) is 0 Å². The third-order valence-corrected chi connectivity index (χ3v) is 8.60. The number of benzene rings is 3. The van der Waals surface area contributed by atoms with Gasteiger partial charge in [-0.05, 0) is 53.3 Å². The Bertz CT molecular complexity index is 1870. The summed E-state index contributed by atoms with van der Waals surface area (Å²) in [6.07, 6.45) is 1.85. The Morgan fingerprint density at radius 1 is 0.902 bits per heavy atom. The molecule has 3 heterocycles. The van der Waals surface area contributed by atoms with Gasteiger partial charge in [0.15, 0.2) is 4.80 Å². The predicted octanol–water partition coefficient (Wildman–Crippen LogP) is 5.62. The van der Waals surface area contributed by atoms with Gasteiger partial charge in [-0.1, -0.05) is 90.2 Å². The van der Waals surface area contributed by atoms with Crippen LogP contribution >= 0.6 is 22.7 Å². The van der Waals surface area contributed by atoms with E-state index in [0.29, 0.717) is 27.2 Å². The third-order valence-electron chi connectivity index (χ3n) is 6.69. The van der Waals surface area contributed by atoms with E-state index >= 15 is 0 Å². The summed E-state index contributed by atoms with van der Waals surface area (Å²) in [4.78, 5) is 33.3. The Labute approximate surface area is 244 Å². The molecule has 5 aromatic rings. The predicted molar refractivity (Wildman–Crippen MR) is 162 cm³/mol. The van der Waals surface area contributed by atoms with Gasteiger partial charge in [0, 0.05) is 4.88 Å². The first-order valence-electron chi connectivity index (χ1n) is 13.1. The summed E-state index contributed by atoms with van der Waals surface area (Å²) in [5, 5.41) is 1.94. The zero-order valence-corrected chi connectivity index (χ0v) is 23.9. The van der Waals surface area contributed by atoms with Crippen LogP contribution in [-0.2, 0) is 22.7 Å². The van der Waals surface area contributed by atoms with Gasteiger partial charge in [-0.25, -0.2) is 9.79 Å². The maximum atomic E-state index is 13.8. The number of nitrogens with zero attached hydrogens (tertiary/aromatic N) is 2. The molecule has 6 rings (SSSR count). The molecule has 2 aromatic heterocycles. The van der Waals surface area contributed by atoms with Crippen LogP contribution in [0.5, 0.6) is 5.75 Å². The summed E-state index contributed by atoms with van der Waals surface area (Å²) in [6, 6.07) is 30.4. The molecular formula is C33H26N2O4S2. The molecular weight excluding hydrogens is 553 g/mol. The molecule has 0 saturated heterocycles. The zero-order chi connectivity index (χ0) is 28.2. The number of hydrogen-bond acceptors (Lipinski definition) is 7. The van der Waals surface area contributed by atoms with E-state index in [-0.39, 0.29) is 12.2 Å². The highest BCUT2D eigenvalue weighted by molar-refractivity contribution is 7.10. The highest BCUT2D eigenvalue weighted by atomic mass is 32.1. The summed E-state index contributed by atoms with van der Waals surface area (Å²) in [5.41, 5.74) is 3.58. The van der Waals surface area contributed by atoms with Crippen molar-refractivity contribution in [3.05, 3.63) is 155 Å². The molecule has 0 unspecified atom stereocenters. The van der Waals surface area contributed by atoms with Gasteiger partial charge >= 0.3 is 5.97 Å². The number of thiophene rings is 1. The van der Waals surface area contributed by atoms with E-state index in [2.05, 4.69) is 4.99 Å².